The Morgan fingerprint density at radius 1 is 0.860 bits per heavy atom. The standard InChI is InChI=1S/C38H44N4O8/c1-26(43)30-23-29(18-19-32(30)47-22-20-27-13-7-5-8-14-27)24-33-41-35(42-50-33)34(44)31(17-11-12-21-39-36(45)49-38(2,3)4)40-37(46)48-25-28-15-9-6-10-16-28/h5-10,13-16,18-19,23,31H,11-12,17,20-22,24-25H2,1-4H3,(H,39,45)(H,40,46). The third-order valence-corrected chi connectivity index (χ3v) is 7.37. The van der Waals surface area contributed by atoms with Crippen molar-refractivity contribution < 1.29 is 37.9 Å². The Balaban J connectivity index is 1.37. The first-order chi connectivity index (χ1) is 24.0. The number of rotatable bonds is 17. The van der Waals surface area contributed by atoms with Gasteiger partial charge in [0.1, 0.15) is 18.0 Å². The molecular weight excluding hydrogens is 640 g/mol. The van der Waals surface area contributed by atoms with E-state index in [9.17, 15) is 19.2 Å². The van der Waals surface area contributed by atoms with Gasteiger partial charge in [-0.05, 0) is 75.8 Å². The predicted octanol–water partition coefficient (Wildman–Crippen LogP) is 6.66. The molecule has 0 aliphatic carbocycles. The summed E-state index contributed by atoms with van der Waals surface area (Å²) in [6.45, 7) is 7.55. The summed E-state index contributed by atoms with van der Waals surface area (Å²) in [6, 6.07) is 23.3. The SMILES string of the molecule is CC(=O)c1cc(Cc2nc(C(=O)C(CCCCNC(=O)OC(C)(C)C)NC(=O)OCc3ccccc3)no2)ccc1OCCc1ccccc1. The van der Waals surface area contributed by atoms with Gasteiger partial charge in [-0.1, -0.05) is 71.9 Å². The smallest absolute Gasteiger partial charge is 0.408 e. The summed E-state index contributed by atoms with van der Waals surface area (Å²) in [5.41, 5.74) is 2.44. The number of nitrogens with zero attached hydrogens (tertiary/aromatic N) is 2. The van der Waals surface area contributed by atoms with Crippen molar-refractivity contribution in [3.05, 3.63) is 113 Å². The Labute approximate surface area is 291 Å². The van der Waals surface area contributed by atoms with Gasteiger partial charge in [-0.3, -0.25) is 9.59 Å². The van der Waals surface area contributed by atoms with Crippen LogP contribution in [0.2, 0.25) is 0 Å². The summed E-state index contributed by atoms with van der Waals surface area (Å²) in [4.78, 5) is 55.0. The summed E-state index contributed by atoms with van der Waals surface area (Å²) >= 11 is 0. The highest BCUT2D eigenvalue weighted by Crippen LogP contribution is 2.23. The molecule has 4 rings (SSSR count). The number of unbranched alkanes of at least 4 members (excludes halogenated alkanes) is 1. The van der Waals surface area contributed by atoms with Crippen molar-refractivity contribution in [1.82, 2.24) is 20.8 Å². The minimum atomic E-state index is -1.01. The van der Waals surface area contributed by atoms with E-state index in [0.717, 1.165) is 11.1 Å². The van der Waals surface area contributed by atoms with Gasteiger partial charge in [0.05, 0.1) is 24.6 Å². The molecule has 0 aliphatic heterocycles. The van der Waals surface area contributed by atoms with Crippen LogP contribution in [0.25, 0.3) is 0 Å². The molecule has 12 heteroatoms. The second-order valence-electron chi connectivity index (χ2n) is 12.7. The van der Waals surface area contributed by atoms with Gasteiger partial charge in [0, 0.05) is 13.0 Å². The lowest BCUT2D eigenvalue weighted by molar-refractivity contribution is 0.0526. The Hall–Kier alpha value is -5.52. The number of nitrogens with one attached hydrogen (secondary N) is 2. The molecule has 1 unspecified atom stereocenters. The maximum absolute atomic E-state index is 13.5. The van der Waals surface area contributed by atoms with Crippen LogP contribution in [0.4, 0.5) is 9.59 Å². The molecular formula is C38H44N4O8. The van der Waals surface area contributed by atoms with Crippen molar-refractivity contribution in [2.75, 3.05) is 13.2 Å². The zero-order chi connectivity index (χ0) is 35.9. The molecule has 4 aromatic rings. The van der Waals surface area contributed by atoms with E-state index in [-0.39, 0.29) is 36.9 Å². The number of carbonyl (C=O) groups is 4. The van der Waals surface area contributed by atoms with E-state index in [1.807, 2.05) is 60.7 Å². The largest absolute Gasteiger partial charge is 0.492 e. The summed E-state index contributed by atoms with van der Waals surface area (Å²) in [5, 5.41) is 9.20. The van der Waals surface area contributed by atoms with Gasteiger partial charge in [-0.15, -0.1) is 0 Å². The van der Waals surface area contributed by atoms with E-state index in [0.29, 0.717) is 49.3 Å². The van der Waals surface area contributed by atoms with E-state index >= 15 is 0 Å². The fourth-order valence-corrected chi connectivity index (χ4v) is 4.92. The first-order valence-electron chi connectivity index (χ1n) is 16.6. The Kier molecular flexibility index (Phi) is 13.7. The lowest BCUT2D eigenvalue weighted by atomic mass is 10.0. The van der Waals surface area contributed by atoms with Gasteiger partial charge >= 0.3 is 12.2 Å². The number of aromatic nitrogens is 2. The van der Waals surface area contributed by atoms with Gasteiger partial charge in [0.15, 0.2) is 5.78 Å². The van der Waals surface area contributed by atoms with Crippen LogP contribution in [0.1, 0.15) is 90.5 Å². The van der Waals surface area contributed by atoms with E-state index in [2.05, 4.69) is 20.8 Å². The van der Waals surface area contributed by atoms with Crippen molar-refractivity contribution in [3.8, 4) is 5.75 Å². The lowest BCUT2D eigenvalue weighted by Crippen LogP contribution is -2.41. The number of hydrogen-bond acceptors (Lipinski definition) is 10. The molecule has 2 N–H and O–H groups in total. The Morgan fingerprint density at radius 2 is 1.56 bits per heavy atom. The van der Waals surface area contributed by atoms with Crippen molar-refractivity contribution in [1.29, 1.82) is 0 Å². The van der Waals surface area contributed by atoms with Gasteiger partial charge in [0.2, 0.25) is 17.5 Å². The van der Waals surface area contributed by atoms with Crippen molar-refractivity contribution in [2.24, 2.45) is 0 Å². The zero-order valence-corrected chi connectivity index (χ0v) is 28.9. The molecule has 0 bridgehead atoms. The fraction of sp³-hybridized carbons (Fsp3) is 0.368. The molecule has 0 fully saturated rings. The average Bonchev–Trinajstić information content (AvgIpc) is 3.55. The average molecular weight is 685 g/mol. The second kappa shape index (κ2) is 18.3. The molecule has 2 amide bonds. The highest BCUT2D eigenvalue weighted by molar-refractivity contribution is 5.98. The molecule has 0 aliphatic rings. The monoisotopic (exact) mass is 684 g/mol. The molecule has 0 saturated heterocycles. The van der Waals surface area contributed by atoms with Crippen LogP contribution in [0.5, 0.6) is 5.75 Å². The third-order valence-electron chi connectivity index (χ3n) is 7.37. The van der Waals surface area contributed by atoms with Crippen LogP contribution in [0.15, 0.2) is 83.4 Å². The number of ether oxygens (including phenoxy) is 3. The number of alkyl carbamates (subject to hydrolysis) is 2. The van der Waals surface area contributed by atoms with E-state index < -0.39 is 29.6 Å². The van der Waals surface area contributed by atoms with Crippen molar-refractivity contribution in [3.63, 3.8) is 0 Å². The first kappa shape index (κ1) is 37.3. The number of hydrogen-bond donors (Lipinski definition) is 2. The van der Waals surface area contributed by atoms with E-state index in [4.69, 9.17) is 18.7 Å². The molecule has 1 atom stereocenters. The topological polar surface area (TPSA) is 159 Å². The Bertz CT molecular complexity index is 1720. The molecule has 12 nitrogen and oxygen atoms in total. The fourth-order valence-electron chi connectivity index (χ4n) is 4.92. The molecule has 0 spiro atoms. The summed E-state index contributed by atoms with van der Waals surface area (Å²) in [6.07, 6.45) is 0.779. The number of carbonyl (C=O) groups excluding carboxylic acids is 4. The lowest BCUT2D eigenvalue weighted by Gasteiger charge is -2.20. The number of amides is 2. The van der Waals surface area contributed by atoms with Crippen LogP contribution < -0.4 is 15.4 Å². The molecule has 1 aromatic heterocycles. The summed E-state index contributed by atoms with van der Waals surface area (Å²) in [5.74, 6) is -0.269. The molecule has 1 heterocycles. The quantitative estimate of drug-likeness (QED) is 0.0910. The zero-order valence-electron chi connectivity index (χ0n) is 28.9. The Morgan fingerprint density at radius 3 is 2.24 bits per heavy atom. The molecule has 3 aromatic carbocycles. The molecule has 50 heavy (non-hydrogen) atoms. The minimum Gasteiger partial charge on any atom is -0.492 e. The summed E-state index contributed by atoms with van der Waals surface area (Å²) in [7, 11) is 0. The van der Waals surface area contributed by atoms with Crippen LogP contribution in [0.3, 0.4) is 0 Å². The van der Waals surface area contributed by atoms with Crippen molar-refractivity contribution >= 4 is 23.8 Å². The van der Waals surface area contributed by atoms with Gasteiger partial charge in [-0.25, -0.2) is 9.59 Å². The highest BCUT2D eigenvalue weighted by atomic mass is 16.6. The first-order valence-corrected chi connectivity index (χ1v) is 16.6. The molecule has 264 valence electrons. The molecule has 0 radical (unpaired) electrons. The van der Waals surface area contributed by atoms with E-state index in [1.54, 1.807) is 39.0 Å². The third kappa shape index (κ3) is 12.5. The van der Waals surface area contributed by atoms with Gasteiger partial charge < -0.3 is 29.4 Å². The number of Topliss-reactive ketones (excluding diaryl/α,β-unsaturated/α-hetero) is 2. The summed E-state index contributed by atoms with van der Waals surface area (Å²) < 4.78 is 21.9. The van der Waals surface area contributed by atoms with Crippen molar-refractivity contribution in [2.45, 2.75) is 78.0 Å². The molecule has 0 saturated carbocycles. The minimum absolute atomic E-state index is 0.0266. The van der Waals surface area contributed by atoms with Gasteiger partial charge in [-0.2, -0.15) is 4.98 Å². The number of benzene rings is 3. The van der Waals surface area contributed by atoms with Crippen LogP contribution in [-0.4, -0.2) is 58.7 Å². The van der Waals surface area contributed by atoms with Crippen LogP contribution in [-0.2, 0) is 28.9 Å². The van der Waals surface area contributed by atoms with Gasteiger partial charge in [0.25, 0.3) is 0 Å². The predicted molar refractivity (Wildman–Crippen MR) is 185 cm³/mol. The number of ketones is 2. The second-order valence-corrected chi connectivity index (χ2v) is 12.7. The maximum Gasteiger partial charge on any atom is 0.408 e. The highest BCUT2D eigenvalue weighted by Gasteiger charge is 2.27. The van der Waals surface area contributed by atoms with Crippen LogP contribution in [0, 0.1) is 0 Å². The van der Waals surface area contributed by atoms with E-state index in [1.165, 1.54) is 6.92 Å². The normalized spacial score (nSPS) is 11.7. The maximum atomic E-state index is 13.5. The van der Waals surface area contributed by atoms with Crippen LogP contribution >= 0.6 is 0 Å².